The van der Waals surface area contributed by atoms with E-state index in [1.165, 1.54) is 7.11 Å². The number of hydrogen-bond donors (Lipinski definition) is 1. The number of carbonyl (C=O) groups is 1. The number of ether oxygens (including phenoxy) is 2. The quantitative estimate of drug-likeness (QED) is 0.271. The van der Waals surface area contributed by atoms with Crippen LogP contribution in [0.25, 0.3) is 0 Å². The molecule has 0 unspecified atom stereocenters. The highest BCUT2D eigenvalue weighted by molar-refractivity contribution is 8.76. The number of esters is 1. The Hall–Kier alpha value is 0.0900. The van der Waals surface area contributed by atoms with Gasteiger partial charge in [0.2, 0.25) is 0 Å². The van der Waals surface area contributed by atoms with Crippen LogP contribution < -0.4 is 5.32 Å². The van der Waals surface area contributed by atoms with Crippen molar-refractivity contribution < 1.29 is 14.3 Å². The average Bonchev–Trinajstić information content (AvgIpc) is 2.30. The van der Waals surface area contributed by atoms with Crippen molar-refractivity contribution in [2.45, 2.75) is 32.7 Å². The number of hydrogen-bond acceptors (Lipinski definition) is 6. The van der Waals surface area contributed by atoms with Crippen LogP contribution in [0.5, 0.6) is 0 Å². The lowest BCUT2D eigenvalue weighted by Gasteiger charge is -2.07. The van der Waals surface area contributed by atoms with E-state index < -0.39 is 0 Å². The van der Waals surface area contributed by atoms with E-state index in [0.29, 0.717) is 25.0 Å². The van der Waals surface area contributed by atoms with Crippen molar-refractivity contribution in [1.29, 1.82) is 0 Å². The van der Waals surface area contributed by atoms with Gasteiger partial charge in [0.25, 0.3) is 0 Å². The summed E-state index contributed by atoms with van der Waals surface area (Å²) < 4.78 is 9.90. The molecule has 1 N–H and O–H groups in total. The van der Waals surface area contributed by atoms with Gasteiger partial charge in [0.15, 0.2) is 0 Å². The Morgan fingerprint density at radius 2 is 2.12 bits per heavy atom. The predicted octanol–water partition coefficient (Wildman–Crippen LogP) is 2.29. The van der Waals surface area contributed by atoms with E-state index in [2.05, 4.69) is 23.9 Å². The van der Waals surface area contributed by atoms with E-state index in [1.807, 2.05) is 0 Å². The van der Waals surface area contributed by atoms with Gasteiger partial charge >= 0.3 is 5.97 Å². The zero-order valence-corrected chi connectivity index (χ0v) is 12.5. The lowest BCUT2D eigenvalue weighted by Crippen LogP contribution is -2.24. The first-order chi connectivity index (χ1) is 8.16. The third-order valence-corrected chi connectivity index (χ3v) is 3.94. The summed E-state index contributed by atoms with van der Waals surface area (Å²) in [5.74, 6) is 1.58. The first-order valence-corrected chi connectivity index (χ1v) is 8.28. The van der Waals surface area contributed by atoms with Crippen molar-refractivity contribution in [1.82, 2.24) is 5.32 Å². The monoisotopic (exact) mass is 281 g/mol. The molecule has 0 atom stereocenters. The van der Waals surface area contributed by atoms with Gasteiger partial charge in [0.1, 0.15) is 5.94 Å². The second-order valence-electron chi connectivity index (χ2n) is 3.75. The minimum Gasteiger partial charge on any atom is -0.469 e. The van der Waals surface area contributed by atoms with Crippen LogP contribution in [0.1, 0.15) is 26.7 Å². The van der Waals surface area contributed by atoms with Crippen LogP contribution >= 0.6 is 21.6 Å². The molecule has 0 saturated carbocycles. The van der Waals surface area contributed by atoms with Crippen LogP contribution in [-0.2, 0) is 14.3 Å². The van der Waals surface area contributed by atoms with Crippen molar-refractivity contribution in [2.75, 3.05) is 32.0 Å². The maximum absolute atomic E-state index is 10.8. The van der Waals surface area contributed by atoms with Crippen molar-refractivity contribution in [3.05, 3.63) is 0 Å². The predicted molar refractivity (Wildman–Crippen MR) is 75.3 cm³/mol. The highest BCUT2D eigenvalue weighted by Crippen LogP contribution is 2.20. The van der Waals surface area contributed by atoms with Crippen LogP contribution in [0.3, 0.4) is 0 Å². The van der Waals surface area contributed by atoms with Gasteiger partial charge in [-0.15, -0.1) is 0 Å². The molecule has 6 heteroatoms. The molecule has 0 fully saturated rings. The Morgan fingerprint density at radius 3 is 2.76 bits per heavy atom. The number of nitrogens with one attached hydrogen (secondary N) is 1. The second kappa shape index (κ2) is 12.5. The minimum atomic E-state index is -0.171. The first kappa shape index (κ1) is 17.1. The second-order valence-corrected chi connectivity index (χ2v) is 6.28. The first-order valence-electron chi connectivity index (χ1n) is 5.79. The number of rotatable bonds is 11. The van der Waals surface area contributed by atoms with Crippen LogP contribution in [0.15, 0.2) is 0 Å². The maximum atomic E-state index is 10.8. The molecule has 0 spiro atoms. The Labute approximate surface area is 112 Å². The van der Waals surface area contributed by atoms with E-state index in [1.54, 1.807) is 21.6 Å². The summed E-state index contributed by atoms with van der Waals surface area (Å²) in [5, 5.41) is 3.35. The van der Waals surface area contributed by atoms with E-state index in [9.17, 15) is 4.79 Å². The molecule has 0 amide bonds. The SMILES string of the molecule is COC(=O)CCCOCSSCCNC(C)C. The highest BCUT2D eigenvalue weighted by atomic mass is 33.1. The molecule has 0 aromatic rings. The summed E-state index contributed by atoms with van der Waals surface area (Å²) in [6, 6.07) is 0.551. The third kappa shape index (κ3) is 14.0. The summed E-state index contributed by atoms with van der Waals surface area (Å²) in [6.07, 6.45) is 1.17. The largest absolute Gasteiger partial charge is 0.469 e. The summed E-state index contributed by atoms with van der Waals surface area (Å²) in [4.78, 5) is 10.8. The lowest BCUT2D eigenvalue weighted by molar-refractivity contribution is -0.140. The fourth-order valence-electron chi connectivity index (χ4n) is 0.996. The Bertz CT molecular complexity index is 192. The highest BCUT2D eigenvalue weighted by Gasteiger charge is 1.99. The van der Waals surface area contributed by atoms with Gasteiger partial charge in [-0.3, -0.25) is 4.79 Å². The number of methoxy groups -OCH3 is 1. The molecular formula is C11H23NO3S2. The Kier molecular flexibility index (Phi) is 12.6. The Morgan fingerprint density at radius 1 is 1.35 bits per heavy atom. The maximum Gasteiger partial charge on any atom is 0.305 e. The summed E-state index contributed by atoms with van der Waals surface area (Å²) in [7, 11) is 4.91. The van der Waals surface area contributed by atoms with Gasteiger partial charge in [-0.2, -0.15) is 0 Å². The molecule has 17 heavy (non-hydrogen) atoms. The van der Waals surface area contributed by atoms with Crippen LogP contribution in [0.2, 0.25) is 0 Å². The van der Waals surface area contributed by atoms with Crippen molar-refractivity contribution in [3.8, 4) is 0 Å². The fourth-order valence-corrected chi connectivity index (χ4v) is 2.58. The van der Waals surface area contributed by atoms with Gasteiger partial charge in [0, 0.05) is 31.4 Å². The zero-order valence-electron chi connectivity index (χ0n) is 10.9. The molecule has 0 bridgehead atoms. The fraction of sp³-hybridized carbons (Fsp3) is 0.909. The summed E-state index contributed by atoms with van der Waals surface area (Å²) >= 11 is 0. The standard InChI is InChI=1S/C11H23NO3S2/c1-10(2)12-6-8-16-17-9-15-7-4-5-11(13)14-3/h10,12H,4-9H2,1-3H3. The molecule has 0 radical (unpaired) electrons. The van der Waals surface area contributed by atoms with Gasteiger partial charge in [-0.05, 0) is 6.42 Å². The van der Waals surface area contributed by atoms with Crippen molar-refractivity contribution in [3.63, 3.8) is 0 Å². The Balaban J connectivity index is 3.01. The van der Waals surface area contributed by atoms with Crippen LogP contribution in [-0.4, -0.2) is 44.0 Å². The van der Waals surface area contributed by atoms with E-state index >= 15 is 0 Å². The summed E-state index contributed by atoms with van der Waals surface area (Å²) in [5.41, 5.74) is 0. The molecule has 0 aromatic carbocycles. The summed E-state index contributed by atoms with van der Waals surface area (Å²) in [6.45, 7) is 5.93. The lowest BCUT2D eigenvalue weighted by atomic mass is 10.3. The molecule has 0 heterocycles. The molecule has 0 aliphatic heterocycles. The normalized spacial score (nSPS) is 10.8. The zero-order chi connectivity index (χ0) is 12.9. The van der Waals surface area contributed by atoms with Gasteiger partial charge in [-0.1, -0.05) is 35.4 Å². The topological polar surface area (TPSA) is 47.6 Å². The third-order valence-electron chi connectivity index (χ3n) is 1.85. The van der Waals surface area contributed by atoms with Gasteiger partial charge in [0.05, 0.1) is 7.11 Å². The number of carbonyl (C=O) groups excluding carboxylic acids is 1. The molecule has 0 aliphatic rings. The molecule has 102 valence electrons. The van der Waals surface area contributed by atoms with Crippen molar-refractivity contribution in [2.24, 2.45) is 0 Å². The minimum absolute atomic E-state index is 0.171. The average molecular weight is 281 g/mol. The molecule has 0 saturated heterocycles. The van der Waals surface area contributed by atoms with E-state index in [-0.39, 0.29) is 5.97 Å². The molecule has 0 rings (SSSR count). The molecule has 0 aromatic heterocycles. The molecule has 4 nitrogen and oxygen atoms in total. The smallest absolute Gasteiger partial charge is 0.305 e. The van der Waals surface area contributed by atoms with E-state index in [4.69, 9.17) is 4.74 Å². The molecule has 0 aliphatic carbocycles. The van der Waals surface area contributed by atoms with Gasteiger partial charge < -0.3 is 14.8 Å². The van der Waals surface area contributed by atoms with Crippen LogP contribution in [0, 0.1) is 0 Å². The molecular weight excluding hydrogens is 258 g/mol. The van der Waals surface area contributed by atoms with Crippen molar-refractivity contribution >= 4 is 27.6 Å². The van der Waals surface area contributed by atoms with E-state index in [0.717, 1.165) is 18.7 Å². The van der Waals surface area contributed by atoms with Crippen LogP contribution in [0.4, 0.5) is 0 Å². The van der Waals surface area contributed by atoms with Gasteiger partial charge in [-0.25, -0.2) is 0 Å².